The molecule has 0 aliphatic rings. The fourth-order valence-electron chi connectivity index (χ4n) is 1.91. The Morgan fingerprint density at radius 3 is 2.80 bits per heavy atom. The summed E-state index contributed by atoms with van der Waals surface area (Å²) in [5.74, 6) is 0.903. The van der Waals surface area contributed by atoms with Crippen molar-refractivity contribution >= 4 is 5.69 Å². The number of anilines is 1. The lowest BCUT2D eigenvalue weighted by Crippen LogP contribution is -2.17. The van der Waals surface area contributed by atoms with Crippen LogP contribution in [0.15, 0.2) is 41.3 Å². The molecule has 0 radical (unpaired) electrons. The predicted molar refractivity (Wildman–Crippen MR) is 78.4 cm³/mol. The van der Waals surface area contributed by atoms with Crippen LogP contribution >= 0.6 is 0 Å². The predicted octanol–water partition coefficient (Wildman–Crippen LogP) is 2.19. The van der Waals surface area contributed by atoms with Gasteiger partial charge in [0.05, 0.1) is 12.8 Å². The van der Waals surface area contributed by atoms with Crippen LogP contribution in [0.4, 0.5) is 5.69 Å². The first kappa shape index (κ1) is 14.0. The summed E-state index contributed by atoms with van der Waals surface area (Å²) < 4.78 is 6.75. The second-order valence-corrected chi connectivity index (χ2v) is 4.39. The van der Waals surface area contributed by atoms with E-state index in [1.165, 1.54) is 6.07 Å². The van der Waals surface area contributed by atoms with Gasteiger partial charge >= 0.3 is 0 Å². The number of aromatic nitrogens is 1. The van der Waals surface area contributed by atoms with Gasteiger partial charge in [-0.2, -0.15) is 0 Å². The van der Waals surface area contributed by atoms with Crippen LogP contribution in [-0.4, -0.2) is 16.8 Å². The average molecular weight is 274 g/mol. The van der Waals surface area contributed by atoms with Crippen LogP contribution in [0.5, 0.6) is 11.5 Å². The number of phenols is 1. The van der Waals surface area contributed by atoms with Gasteiger partial charge in [-0.25, -0.2) is 0 Å². The number of pyridine rings is 1. The third-order valence-corrected chi connectivity index (χ3v) is 3.09. The van der Waals surface area contributed by atoms with Crippen molar-refractivity contribution in [1.82, 2.24) is 4.57 Å². The molecule has 5 nitrogen and oxygen atoms in total. The van der Waals surface area contributed by atoms with Crippen LogP contribution < -0.4 is 15.6 Å². The minimum atomic E-state index is -0.0257. The molecule has 1 aromatic heterocycles. The van der Waals surface area contributed by atoms with E-state index in [1.807, 2.05) is 6.92 Å². The molecule has 106 valence electrons. The fourth-order valence-corrected chi connectivity index (χ4v) is 1.91. The Bertz CT molecular complexity index is 650. The average Bonchev–Trinajstić information content (AvgIpc) is 2.47. The molecule has 5 heteroatoms. The van der Waals surface area contributed by atoms with Crippen molar-refractivity contribution in [3.8, 4) is 11.5 Å². The van der Waals surface area contributed by atoms with Crippen LogP contribution in [0.25, 0.3) is 0 Å². The van der Waals surface area contributed by atoms with E-state index in [1.54, 1.807) is 42.1 Å². The van der Waals surface area contributed by atoms with Crippen LogP contribution in [0.1, 0.15) is 12.5 Å². The zero-order valence-electron chi connectivity index (χ0n) is 11.6. The van der Waals surface area contributed by atoms with Gasteiger partial charge < -0.3 is 19.7 Å². The molecular formula is C15H18N2O3. The molecule has 2 aromatic rings. The lowest BCUT2D eigenvalue weighted by atomic mass is 10.2. The molecule has 0 spiro atoms. The number of rotatable bonds is 5. The minimum absolute atomic E-state index is 0.0257. The number of nitrogens with zero attached hydrogens (tertiary/aromatic N) is 1. The van der Waals surface area contributed by atoms with E-state index in [0.29, 0.717) is 18.8 Å². The molecule has 1 aromatic carbocycles. The Hall–Kier alpha value is -2.43. The van der Waals surface area contributed by atoms with Crippen LogP contribution in [0.2, 0.25) is 0 Å². The molecule has 0 bridgehead atoms. The molecule has 0 amide bonds. The van der Waals surface area contributed by atoms with E-state index in [-0.39, 0.29) is 11.3 Å². The van der Waals surface area contributed by atoms with E-state index < -0.39 is 0 Å². The van der Waals surface area contributed by atoms with Crippen molar-refractivity contribution in [3.05, 3.63) is 52.4 Å². The smallest absolute Gasteiger partial charge is 0.250 e. The number of benzene rings is 1. The molecule has 0 saturated carbocycles. The number of nitrogens with one attached hydrogen (secondary N) is 1. The number of hydrogen-bond acceptors (Lipinski definition) is 4. The van der Waals surface area contributed by atoms with Crippen molar-refractivity contribution < 1.29 is 9.84 Å². The van der Waals surface area contributed by atoms with E-state index in [9.17, 15) is 9.90 Å². The van der Waals surface area contributed by atoms with Crippen molar-refractivity contribution in [2.24, 2.45) is 0 Å². The highest BCUT2D eigenvalue weighted by atomic mass is 16.5. The fraction of sp³-hybridized carbons (Fsp3) is 0.267. The van der Waals surface area contributed by atoms with E-state index in [2.05, 4.69) is 5.32 Å². The number of methoxy groups -OCH3 is 1. The molecule has 2 N–H and O–H groups in total. The maximum absolute atomic E-state index is 11.5. The summed E-state index contributed by atoms with van der Waals surface area (Å²) >= 11 is 0. The maximum Gasteiger partial charge on any atom is 0.250 e. The van der Waals surface area contributed by atoms with Gasteiger partial charge in [-0.1, -0.05) is 0 Å². The second kappa shape index (κ2) is 6.14. The van der Waals surface area contributed by atoms with E-state index in [4.69, 9.17) is 4.74 Å². The lowest BCUT2D eigenvalue weighted by Gasteiger charge is -2.11. The van der Waals surface area contributed by atoms with Crippen molar-refractivity contribution in [3.63, 3.8) is 0 Å². The largest absolute Gasteiger partial charge is 0.508 e. The number of ether oxygens (including phenoxy) is 1. The minimum Gasteiger partial charge on any atom is -0.508 e. The summed E-state index contributed by atoms with van der Waals surface area (Å²) in [5.41, 5.74) is 1.54. The summed E-state index contributed by atoms with van der Waals surface area (Å²) in [6, 6.07) is 8.33. The molecule has 0 fully saturated rings. The summed E-state index contributed by atoms with van der Waals surface area (Å²) in [7, 11) is 1.58. The SMILES string of the molecule is CCn1cc(NCc2cc(OC)ccc2O)ccc1=O. The highest BCUT2D eigenvalue weighted by Gasteiger charge is 2.04. The highest BCUT2D eigenvalue weighted by Crippen LogP contribution is 2.23. The first-order valence-corrected chi connectivity index (χ1v) is 6.44. The molecule has 1 heterocycles. The molecule has 0 aliphatic carbocycles. The van der Waals surface area contributed by atoms with Gasteiger partial charge in [-0.3, -0.25) is 4.79 Å². The molecule has 0 atom stereocenters. The molecule has 0 unspecified atom stereocenters. The van der Waals surface area contributed by atoms with Crippen LogP contribution in [0.3, 0.4) is 0 Å². The Kier molecular flexibility index (Phi) is 4.30. The molecule has 0 saturated heterocycles. The number of aromatic hydroxyl groups is 1. The number of phenolic OH excluding ortho intramolecular Hbond substituents is 1. The Labute approximate surface area is 117 Å². The lowest BCUT2D eigenvalue weighted by molar-refractivity contribution is 0.411. The highest BCUT2D eigenvalue weighted by molar-refractivity contribution is 5.45. The zero-order valence-corrected chi connectivity index (χ0v) is 11.6. The Morgan fingerprint density at radius 2 is 2.10 bits per heavy atom. The normalized spacial score (nSPS) is 10.3. The third kappa shape index (κ3) is 3.12. The van der Waals surface area contributed by atoms with Gasteiger partial charge in [0.15, 0.2) is 0 Å². The van der Waals surface area contributed by atoms with Gasteiger partial charge in [0.1, 0.15) is 11.5 Å². The third-order valence-electron chi connectivity index (χ3n) is 3.09. The maximum atomic E-state index is 11.5. The second-order valence-electron chi connectivity index (χ2n) is 4.39. The molecule has 0 aliphatic heterocycles. The van der Waals surface area contributed by atoms with Crippen LogP contribution in [-0.2, 0) is 13.1 Å². The van der Waals surface area contributed by atoms with Crippen molar-refractivity contribution in [1.29, 1.82) is 0 Å². The van der Waals surface area contributed by atoms with Gasteiger partial charge in [0, 0.05) is 30.9 Å². The Balaban J connectivity index is 2.14. The Morgan fingerprint density at radius 1 is 1.30 bits per heavy atom. The number of hydrogen-bond donors (Lipinski definition) is 2. The first-order chi connectivity index (χ1) is 9.63. The molecule has 20 heavy (non-hydrogen) atoms. The van der Waals surface area contributed by atoms with Gasteiger partial charge in [0.2, 0.25) is 0 Å². The van der Waals surface area contributed by atoms with Crippen LogP contribution in [0, 0.1) is 0 Å². The quantitative estimate of drug-likeness (QED) is 0.877. The van der Waals surface area contributed by atoms with Gasteiger partial charge in [-0.15, -0.1) is 0 Å². The van der Waals surface area contributed by atoms with Gasteiger partial charge in [0.25, 0.3) is 5.56 Å². The summed E-state index contributed by atoms with van der Waals surface area (Å²) in [6.07, 6.45) is 1.76. The zero-order chi connectivity index (χ0) is 14.5. The summed E-state index contributed by atoms with van der Waals surface area (Å²) in [4.78, 5) is 11.5. The molecule has 2 rings (SSSR count). The van der Waals surface area contributed by atoms with Gasteiger partial charge in [-0.05, 0) is 31.2 Å². The summed E-state index contributed by atoms with van der Waals surface area (Å²) in [6.45, 7) is 2.99. The summed E-state index contributed by atoms with van der Waals surface area (Å²) in [5, 5.41) is 13.0. The van der Waals surface area contributed by atoms with E-state index in [0.717, 1.165) is 11.3 Å². The van der Waals surface area contributed by atoms with Crippen molar-refractivity contribution in [2.45, 2.75) is 20.0 Å². The van der Waals surface area contributed by atoms with E-state index >= 15 is 0 Å². The molecular weight excluding hydrogens is 256 g/mol. The standard InChI is InChI=1S/C15H18N2O3/c1-3-17-10-12(4-7-15(17)19)16-9-11-8-13(20-2)5-6-14(11)18/h4-8,10,16,18H,3,9H2,1-2H3. The van der Waals surface area contributed by atoms with Crippen molar-refractivity contribution in [2.75, 3.05) is 12.4 Å². The topological polar surface area (TPSA) is 63.5 Å². The first-order valence-electron chi connectivity index (χ1n) is 6.44. The number of aryl methyl sites for hydroxylation is 1. The monoisotopic (exact) mass is 274 g/mol.